The van der Waals surface area contributed by atoms with Gasteiger partial charge in [-0.3, -0.25) is 4.79 Å². The van der Waals surface area contributed by atoms with Crippen LogP contribution in [0.1, 0.15) is 6.42 Å². The summed E-state index contributed by atoms with van der Waals surface area (Å²) in [5, 5.41) is 7.32. The van der Waals surface area contributed by atoms with Gasteiger partial charge in [0.05, 0.1) is 6.42 Å². The van der Waals surface area contributed by atoms with E-state index in [1.54, 1.807) is 0 Å². The lowest BCUT2D eigenvalue weighted by Crippen LogP contribution is -2.33. The molecule has 0 aliphatic carbocycles. The van der Waals surface area contributed by atoms with E-state index in [9.17, 15) is 21.6 Å². The number of rotatable bonds is 6. The van der Waals surface area contributed by atoms with Crippen molar-refractivity contribution in [3.8, 4) is 0 Å². The summed E-state index contributed by atoms with van der Waals surface area (Å²) in [6.45, 7) is -0.243. The van der Waals surface area contributed by atoms with Crippen LogP contribution in [-0.4, -0.2) is 57.1 Å². The molecule has 0 unspecified atom stereocenters. The highest BCUT2D eigenvalue weighted by Crippen LogP contribution is 2.02. The second-order valence-corrected chi connectivity index (χ2v) is 7.70. The molecule has 0 spiro atoms. The van der Waals surface area contributed by atoms with Gasteiger partial charge in [-0.1, -0.05) is 0 Å². The van der Waals surface area contributed by atoms with Gasteiger partial charge in [0, 0.05) is 19.8 Å². The number of sulfone groups is 1. The molecule has 0 aliphatic heterocycles. The maximum Gasteiger partial charge on any atom is 0.304 e. The second-order valence-electron chi connectivity index (χ2n) is 3.12. The Balaban J connectivity index is 4.54. The van der Waals surface area contributed by atoms with Crippen LogP contribution in [-0.2, 0) is 24.7 Å². The predicted molar refractivity (Wildman–Crippen MR) is 53.5 cm³/mol. The summed E-state index contributed by atoms with van der Waals surface area (Å²) in [6, 6.07) is 0. The van der Waals surface area contributed by atoms with Crippen LogP contribution >= 0.6 is 0 Å². The van der Waals surface area contributed by atoms with Crippen LogP contribution in [0.15, 0.2) is 0 Å². The Morgan fingerprint density at radius 3 is 2.07 bits per heavy atom. The van der Waals surface area contributed by atoms with Crippen LogP contribution in [0.5, 0.6) is 0 Å². The minimum Gasteiger partial charge on any atom is -0.481 e. The van der Waals surface area contributed by atoms with Gasteiger partial charge in [-0.25, -0.2) is 21.1 Å². The lowest BCUT2D eigenvalue weighted by molar-refractivity contribution is -0.137. The highest BCUT2D eigenvalue weighted by molar-refractivity contribution is 8.06. The maximum atomic E-state index is 11.3. The first-order valence-electron chi connectivity index (χ1n) is 3.88. The summed E-state index contributed by atoms with van der Waals surface area (Å²) in [5.41, 5.74) is 0. The summed E-state index contributed by atoms with van der Waals surface area (Å²) in [4.78, 5) is 10.2. The summed E-state index contributed by atoms with van der Waals surface area (Å²) >= 11 is 0. The maximum absolute atomic E-state index is 11.3. The van der Waals surface area contributed by atoms with E-state index in [-0.39, 0.29) is 13.0 Å². The largest absolute Gasteiger partial charge is 0.481 e. The van der Waals surface area contributed by atoms with Gasteiger partial charge in [-0.2, -0.15) is 0 Å². The minimum absolute atomic E-state index is 0.243. The van der Waals surface area contributed by atoms with Gasteiger partial charge in [-0.15, -0.1) is 0 Å². The molecular weight excluding hydrogens is 246 g/mol. The number of hydrogen-bond donors (Lipinski definition) is 1. The number of nitrogens with zero attached hydrogens (tertiary/aromatic N) is 1. The predicted octanol–water partition coefficient (Wildman–Crippen LogP) is -1.28. The second kappa shape index (κ2) is 4.90. The molecule has 9 heteroatoms. The van der Waals surface area contributed by atoms with Gasteiger partial charge in [0.2, 0.25) is 10.0 Å². The third kappa shape index (κ3) is 6.42. The highest BCUT2D eigenvalue weighted by Gasteiger charge is 2.23. The van der Waals surface area contributed by atoms with Crippen LogP contribution in [0.2, 0.25) is 0 Å². The normalized spacial score (nSPS) is 13.0. The molecule has 1 N–H and O–H groups in total. The van der Waals surface area contributed by atoms with Gasteiger partial charge in [0.15, 0.2) is 14.9 Å². The molecule has 0 aromatic carbocycles. The third-order valence-electron chi connectivity index (χ3n) is 1.48. The van der Waals surface area contributed by atoms with Gasteiger partial charge in [0.25, 0.3) is 0 Å². The zero-order valence-corrected chi connectivity index (χ0v) is 10.0. The SMILES string of the molecule is CN(CCC(=O)O)S(=O)(=O)CS(C)(=O)=O. The molecule has 0 atom stereocenters. The van der Waals surface area contributed by atoms with Crippen molar-refractivity contribution in [3.63, 3.8) is 0 Å². The molecular formula is C6H13NO6S2. The number of carboxylic acids is 1. The zero-order valence-electron chi connectivity index (χ0n) is 8.37. The smallest absolute Gasteiger partial charge is 0.304 e. The van der Waals surface area contributed by atoms with Gasteiger partial charge in [-0.05, 0) is 0 Å². The molecule has 7 nitrogen and oxygen atoms in total. The average molecular weight is 259 g/mol. The molecule has 0 aliphatic rings. The molecule has 0 saturated carbocycles. The van der Waals surface area contributed by atoms with E-state index in [1.807, 2.05) is 0 Å². The van der Waals surface area contributed by atoms with Crippen molar-refractivity contribution >= 4 is 25.8 Å². The van der Waals surface area contributed by atoms with E-state index in [1.165, 1.54) is 0 Å². The molecule has 0 bridgehead atoms. The fourth-order valence-corrected chi connectivity index (χ4v) is 4.01. The fourth-order valence-electron chi connectivity index (χ4n) is 0.753. The van der Waals surface area contributed by atoms with Crippen LogP contribution in [0.3, 0.4) is 0 Å². The Labute approximate surface area is 88.7 Å². The first kappa shape index (κ1) is 14.3. The molecule has 0 saturated heterocycles. The van der Waals surface area contributed by atoms with E-state index in [0.29, 0.717) is 0 Å². The van der Waals surface area contributed by atoms with Gasteiger partial charge in [0.1, 0.15) is 0 Å². The van der Waals surface area contributed by atoms with Crippen molar-refractivity contribution < 1.29 is 26.7 Å². The van der Waals surface area contributed by atoms with Crippen molar-refractivity contribution in [2.75, 3.05) is 24.9 Å². The molecule has 90 valence electrons. The van der Waals surface area contributed by atoms with Crippen LogP contribution in [0, 0.1) is 0 Å². The van der Waals surface area contributed by atoms with Crippen molar-refractivity contribution in [1.29, 1.82) is 0 Å². The Kier molecular flexibility index (Phi) is 4.68. The van der Waals surface area contributed by atoms with E-state index in [2.05, 4.69) is 0 Å². The topological polar surface area (TPSA) is 109 Å². The minimum atomic E-state index is -3.93. The fraction of sp³-hybridized carbons (Fsp3) is 0.833. The van der Waals surface area contributed by atoms with E-state index in [0.717, 1.165) is 17.6 Å². The standard InChI is InChI=1S/C6H13NO6S2/c1-7(4-3-6(8)9)15(12,13)5-14(2,10)11/h3-5H2,1-2H3,(H,8,9). The zero-order chi connectivity index (χ0) is 12.3. The van der Waals surface area contributed by atoms with Crippen LogP contribution in [0.4, 0.5) is 0 Å². The first-order chi connectivity index (χ1) is 6.54. The summed E-state index contributed by atoms with van der Waals surface area (Å²) < 4.78 is 44.9. The number of aliphatic carboxylic acids is 1. The quantitative estimate of drug-likeness (QED) is 0.636. The first-order valence-corrected chi connectivity index (χ1v) is 7.55. The molecule has 0 aromatic rings. The van der Waals surface area contributed by atoms with Gasteiger partial charge >= 0.3 is 5.97 Å². The Hall–Kier alpha value is -0.670. The monoisotopic (exact) mass is 259 g/mol. The third-order valence-corrected chi connectivity index (χ3v) is 5.51. The van der Waals surface area contributed by atoms with Crippen molar-refractivity contribution in [2.24, 2.45) is 0 Å². The summed E-state index contributed by atoms with van der Waals surface area (Å²) in [7, 11) is -6.43. The summed E-state index contributed by atoms with van der Waals surface area (Å²) in [5.74, 6) is -1.14. The van der Waals surface area contributed by atoms with Crippen LogP contribution in [0.25, 0.3) is 0 Å². The molecule has 0 radical (unpaired) electrons. The number of hydrogen-bond acceptors (Lipinski definition) is 5. The Bertz CT molecular complexity index is 423. The number of sulfonamides is 1. The summed E-state index contributed by atoms with van der Waals surface area (Å²) in [6.07, 6.45) is 0.440. The van der Waals surface area contributed by atoms with Crippen molar-refractivity contribution in [1.82, 2.24) is 4.31 Å². The van der Waals surface area contributed by atoms with Crippen LogP contribution < -0.4 is 0 Å². The highest BCUT2D eigenvalue weighted by atomic mass is 32.3. The molecule has 0 rings (SSSR count). The molecule has 0 aromatic heterocycles. The molecule has 0 heterocycles. The number of carbonyl (C=O) groups is 1. The van der Waals surface area contributed by atoms with Crippen molar-refractivity contribution in [3.05, 3.63) is 0 Å². The lowest BCUT2D eigenvalue weighted by Gasteiger charge is -2.14. The average Bonchev–Trinajstić information content (AvgIpc) is 1.94. The number of carboxylic acid groups (broad SMARTS) is 1. The van der Waals surface area contributed by atoms with E-state index in [4.69, 9.17) is 5.11 Å². The molecule has 0 amide bonds. The molecule has 15 heavy (non-hydrogen) atoms. The lowest BCUT2D eigenvalue weighted by atomic mass is 10.4. The van der Waals surface area contributed by atoms with E-state index < -0.39 is 30.9 Å². The molecule has 0 fully saturated rings. The van der Waals surface area contributed by atoms with Gasteiger partial charge < -0.3 is 5.11 Å². The van der Waals surface area contributed by atoms with E-state index >= 15 is 0 Å². The Morgan fingerprint density at radius 1 is 1.27 bits per heavy atom. The van der Waals surface area contributed by atoms with Crippen molar-refractivity contribution in [2.45, 2.75) is 6.42 Å². The Morgan fingerprint density at radius 2 is 1.73 bits per heavy atom.